The number of hydrogen-bond donors (Lipinski definition) is 2. The van der Waals surface area contributed by atoms with Gasteiger partial charge in [0.1, 0.15) is 6.61 Å². The van der Waals surface area contributed by atoms with E-state index in [4.69, 9.17) is 5.11 Å². The minimum atomic E-state index is -3.29. The lowest BCUT2D eigenvalue weighted by molar-refractivity contribution is -0.0462. The van der Waals surface area contributed by atoms with Gasteiger partial charge in [-0.2, -0.15) is 0 Å². The predicted molar refractivity (Wildman–Crippen MR) is 69.5 cm³/mol. The summed E-state index contributed by atoms with van der Waals surface area (Å²) in [5, 5.41) is 10.5. The summed E-state index contributed by atoms with van der Waals surface area (Å²) in [4.78, 5) is 11.6. The van der Waals surface area contributed by atoms with Crippen LogP contribution in [0.4, 0.5) is 8.78 Å². The Bertz CT molecular complexity index is 436. The maximum absolute atomic E-state index is 12.8. The normalized spacial score (nSPS) is 12.3. The first-order valence-electron chi connectivity index (χ1n) is 6.03. The van der Waals surface area contributed by atoms with Crippen molar-refractivity contribution in [3.05, 3.63) is 35.4 Å². The Balaban J connectivity index is 2.69. The molecule has 0 radical (unpaired) electrons. The fourth-order valence-corrected chi connectivity index (χ4v) is 1.49. The minimum Gasteiger partial charge on any atom is -0.390 e. The first-order chi connectivity index (χ1) is 8.65. The van der Waals surface area contributed by atoms with Crippen LogP contribution in [0.15, 0.2) is 24.3 Å². The average Bonchev–Trinajstić information content (AvgIpc) is 2.35. The third-order valence-electron chi connectivity index (χ3n) is 2.75. The number of halogens is 2. The number of benzene rings is 1. The van der Waals surface area contributed by atoms with E-state index in [1.807, 2.05) is 20.8 Å². The Morgan fingerprint density at radius 3 is 2.16 bits per heavy atom. The number of hydrogen-bond acceptors (Lipinski definition) is 2. The molecular formula is C14H19F2NO2. The molecule has 0 aliphatic carbocycles. The van der Waals surface area contributed by atoms with Crippen LogP contribution in [-0.4, -0.2) is 30.1 Å². The van der Waals surface area contributed by atoms with Crippen LogP contribution < -0.4 is 5.32 Å². The van der Waals surface area contributed by atoms with Gasteiger partial charge in [-0.1, -0.05) is 32.9 Å². The molecule has 0 saturated heterocycles. The maximum atomic E-state index is 12.8. The van der Waals surface area contributed by atoms with Crippen LogP contribution in [0.2, 0.25) is 0 Å². The van der Waals surface area contributed by atoms with E-state index in [0.29, 0.717) is 5.56 Å². The van der Waals surface area contributed by atoms with Gasteiger partial charge in [-0.05, 0) is 23.1 Å². The summed E-state index contributed by atoms with van der Waals surface area (Å²) in [5.74, 6) is -3.87. The van der Waals surface area contributed by atoms with Crippen molar-refractivity contribution >= 4 is 5.91 Å². The number of alkyl halides is 2. The van der Waals surface area contributed by atoms with E-state index in [1.54, 1.807) is 24.3 Å². The van der Waals surface area contributed by atoms with E-state index in [9.17, 15) is 13.6 Å². The average molecular weight is 271 g/mol. The molecule has 0 aliphatic rings. The molecule has 0 atom stereocenters. The van der Waals surface area contributed by atoms with Gasteiger partial charge in [0, 0.05) is 5.56 Å². The molecule has 1 aromatic carbocycles. The molecule has 0 spiro atoms. The molecule has 0 saturated carbocycles. The summed E-state index contributed by atoms with van der Waals surface area (Å²) in [7, 11) is 0. The molecule has 19 heavy (non-hydrogen) atoms. The molecule has 1 rings (SSSR count). The number of aliphatic hydroxyl groups excluding tert-OH is 1. The van der Waals surface area contributed by atoms with Crippen molar-refractivity contribution in [2.45, 2.75) is 32.1 Å². The summed E-state index contributed by atoms with van der Waals surface area (Å²) >= 11 is 0. The second-order valence-electron chi connectivity index (χ2n) is 5.52. The number of amides is 1. The van der Waals surface area contributed by atoms with E-state index in [1.165, 1.54) is 0 Å². The molecular weight excluding hydrogens is 252 g/mol. The smallest absolute Gasteiger partial charge is 0.287 e. The Kier molecular flexibility index (Phi) is 4.63. The molecule has 106 valence electrons. The van der Waals surface area contributed by atoms with Gasteiger partial charge in [0.05, 0.1) is 6.54 Å². The highest BCUT2D eigenvalue weighted by molar-refractivity contribution is 5.94. The zero-order valence-electron chi connectivity index (χ0n) is 11.3. The van der Waals surface area contributed by atoms with Crippen molar-refractivity contribution in [2.24, 2.45) is 0 Å². The number of carbonyl (C=O) groups is 1. The molecule has 0 aliphatic heterocycles. The maximum Gasteiger partial charge on any atom is 0.287 e. The van der Waals surface area contributed by atoms with E-state index >= 15 is 0 Å². The quantitative estimate of drug-likeness (QED) is 0.883. The minimum absolute atomic E-state index is 0.0288. The van der Waals surface area contributed by atoms with Crippen molar-refractivity contribution in [3.8, 4) is 0 Å². The van der Waals surface area contributed by atoms with Crippen molar-refractivity contribution in [2.75, 3.05) is 13.2 Å². The Hall–Kier alpha value is -1.49. The molecule has 1 aromatic rings. The fraction of sp³-hybridized carbons (Fsp3) is 0.500. The van der Waals surface area contributed by atoms with Gasteiger partial charge in [-0.3, -0.25) is 4.79 Å². The lowest BCUT2D eigenvalue weighted by Gasteiger charge is -2.19. The lowest BCUT2D eigenvalue weighted by Crippen LogP contribution is -2.38. The molecule has 0 bridgehead atoms. The van der Waals surface area contributed by atoms with E-state index < -0.39 is 25.0 Å². The Labute approximate surface area is 111 Å². The molecule has 0 unspecified atom stereocenters. The second kappa shape index (κ2) is 5.65. The van der Waals surface area contributed by atoms with Crippen LogP contribution in [0.1, 0.15) is 36.7 Å². The van der Waals surface area contributed by atoms with Gasteiger partial charge in [-0.25, -0.2) is 8.78 Å². The van der Waals surface area contributed by atoms with Gasteiger partial charge in [0.2, 0.25) is 0 Å². The van der Waals surface area contributed by atoms with Crippen LogP contribution in [0.3, 0.4) is 0 Å². The standard InChI is InChI=1S/C14H19F2NO2/c1-13(2,3)11-6-4-10(5-7-11)12(19)17-8-14(15,16)9-18/h4-7,18H,8-9H2,1-3H3,(H,17,19). The monoisotopic (exact) mass is 271 g/mol. The number of nitrogens with one attached hydrogen (secondary N) is 1. The molecule has 2 N–H and O–H groups in total. The number of aliphatic hydroxyl groups is 1. The molecule has 5 heteroatoms. The van der Waals surface area contributed by atoms with Crippen molar-refractivity contribution < 1.29 is 18.7 Å². The third-order valence-corrected chi connectivity index (χ3v) is 2.75. The highest BCUT2D eigenvalue weighted by atomic mass is 19.3. The van der Waals surface area contributed by atoms with Crippen molar-refractivity contribution in [1.82, 2.24) is 5.32 Å². The van der Waals surface area contributed by atoms with E-state index in [2.05, 4.69) is 5.32 Å². The first-order valence-corrected chi connectivity index (χ1v) is 6.03. The summed E-state index contributed by atoms with van der Waals surface area (Å²) < 4.78 is 25.6. The Morgan fingerprint density at radius 1 is 1.21 bits per heavy atom. The van der Waals surface area contributed by atoms with E-state index in [0.717, 1.165) is 5.56 Å². The third kappa shape index (κ3) is 4.59. The molecule has 0 heterocycles. The Morgan fingerprint density at radius 2 is 1.74 bits per heavy atom. The highest BCUT2D eigenvalue weighted by Crippen LogP contribution is 2.22. The topological polar surface area (TPSA) is 49.3 Å². The van der Waals surface area contributed by atoms with Crippen LogP contribution in [0.25, 0.3) is 0 Å². The van der Waals surface area contributed by atoms with Crippen LogP contribution >= 0.6 is 0 Å². The van der Waals surface area contributed by atoms with Gasteiger partial charge < -0.3 is 10.4 Å². The van der Waals surface area contributed by atoms with Crippen LogP contribution in [0.5, 0.6) is 0 Å². The summed E-state index contributed by atoms with van der Waals surface area (Å²) in [6.45, 7) is 3.98. The fourth-order valence-electron chi connectivity index (χ4n) is 1.49. The van der Waals surface area contributed by atoms with Crippen molar-refractivity contribution in [1.29, 1.82) is 0 Å². The van der Waals surface area contributed by atoms with Crippen molar-refractivity contribution in [3.63, 3.8) is 0 Å². The van der Waals surface area contributed by atoms with Gasteiger partial charge >= 0.3 is 0 Å². The highest BCUT2D eigenvalue weighted by Gasteiger charge is 2.28. The molecule has 1 amide bonds. The van der Waals surface area contributed by atoms with Crippen LogP contribution in [0, 0.1) is 0 Å². The molecule has 0 aromatic heterocycles. The van der Waals surface area contributed by atoms with Gasteiger partial charge in [-0.15, -0.1) is 0 Å². The molecule has 3 nitrogen and oxygen atoms in total. The zero-order valence-corrected chi connectivity index (χ0v) is 11.3. The lowest BCUT2D eigenvalue weighted by atomic mass is 9.87. The SMILES string of the molecule is CC(C)(C)c1ccc(C(=O)NCC(F)(F)CO)cc1. The number of rotatable bonds is 4. The zero-order chi connectivity index (χ0) is 14.7. The molecule has 0 fully saturated rings. The summed E-state index contributed by atoms with van der Waals surface area (Å²) in [5.41, 5.74) is 1.35. The predicted octanol–water partition coefficient (Wildman–Crippen LogP) is 2.34. The summed E-state index contributed by atoms with van der Waals surface area (Å²) in [6, 6.07) is 6.82. The second-order valence-corrected chi connectivity index (χ2v) is 5.52. The largest absolute Gasteiger partial charge is 0.390 e. The van der Waals surface area contributed by atoms with Crippen LogP contribution in [-0.2, 0) is 5.41 Å². The summed E-state index contributed by atoms with van der Waals surface area (Å²) in [6.07, 6.45) is 0. The number of carbonyl (C=O) groups excluding carboxylic acids is 1. The van der Waals surface area contributed by atoms with Gasteiger partial charge in [0.25, 0.3) is 11.8 Å². The van der Waals surface area contributed by atoms with E-state index in [-0.39, 0.29) is 5.41 Å². The van der Waals surface area contributed by atoms with Gasteiger partial charge in [0.15, 0.2) is 0 Å². The first kappa shape index (κ1) is 15.6.